The van der Waals surface area contributed by atoms with Gasteiger partial charge in [0.1, 0.15) is 11.5 Å². The molecule has 7 aromatic rings. The lowest BCUT2D eigenvalue weighted by atomic mass is 9.90. The second-order valence-corrected chi connectivity index (χ2v) is 18.5. The second-order valence-electron chi connectivity index (χ2n) is 18.5. The Morgan fingerprint density at radius 2 is 0.453 bits per heavy atom. The largest absolute Gasteiger partial charge is 0.496 e. The highest BCUT2D eigenvalue weighted by molar-refractivity contribution is 5.96. The molecule has 0 aliphatic carbocycles. The highest BCUT2D eigenvalue weighted by Crippen LogP contribution is 2.47. The van der Waals surface area contributed by atoms with Crippen LogP contribution >= 0.6 is 0 Å². The van der Waals surface area contributed by atoms with E-state index in [0.29, 0.717) is 12.1 Å². The van der Waals surface area contributed by atoms with Gasteiger partial charge in [-0.15, -0.1) is 0 Å². The molecule has 0 fully saturated rings. The van der Waals surface area contributed by atoms with Crippen molar-refractivity contribution < 1.29 is 115 Å². The molecule has 0 bridgehead atoms. The smallest absolute Gasteiger partial charge is 0.416 e. The summed E-state index contributed by atoms with van der Waals surface area (Å²) in [6.45, 7) is 0. The molecule has 0 atom stereocenters. The quantitative estimate of drug-likeness (QED) is 0.0778. The van der Waals surface area contributed by atoms with E-state index in [-0.39, 0.29) is 95.4 Å². The molecule has 0 N–H and O–H groups in total. The molecular formula is C58H28F24N2O2. The lowest BCUT2D eigenvalue weighted by Crippen LogP contribution is -2.11. The summed E-state index contributed by atoms with van der Waals surface area (Å²) in [6.07, 6.45) is -42.1. The molecule has 86 heavy (non-hydrogen) atoms. The lowest BCUT2D eigenvalue weighted by molar-refractivity contribution is -0.144. The van der Waals surface area contributed by atoms with E-state index in [4.69, 9.17) is 9.47 Å². The number of benzene rings is 7. The van der Waals surface area contributed by atoms with Crippen LogP contribution in [-0.2, 0) is 49.4 Å². The first kappa shape index (κ1) is 64.5. The van der Waals surface area contributed by atoms with Crippen molar-refractivity contribution in [3.05, 3.63) is 188 Å². The van der Waals surface area contributed by atoms with Crippen molar-refractivity contribution in [3.63, 3.8) is 0 Å². The van der Waals surface area contributed by atoms with Gasteiger partial charge < -0.3 is 9.47 Å². The second kappa shape index (κ2) is 22.7. The molecule has 0 heterocycles. The normalized spacial score (nSPS) is 13.3. The van der Waals surface area contributed by atoms with Gasteiger partial charge in [0.25, 0.3) is 0 Å². The number of hydrogen-bond acceptors (Lipinski definition) is 4. The van der Waals surface area contributed by atoms with Gasteiger partial charge in [0.2, 0.25) is 0 Å². The molecular weight excluding hydrogens is 1210 g/mol. The number of nitriles is 2. The molecule has 0 aliphatic heterocycles. The Labute approximate surface area is 467 Å². The van der Waals surface area contributed by atoms with Crippen LogP contribution in [0.5, 0.6) is 11.5 Å². The van der Waals surface area contributed by atoms with Gasteiger partial charge in [0.05, 0.1) is 82.0 Å². The van der Waals surface area contributed by atoms with Crippen LogP contribution in [-0.4, -0.2) is 14.2 Å². The van der Waals surface area contributed by atoms with Crippen LogP contribution < -0.4 is 9.47 Å². The Kier molecular flexibility index (Phi) is 17.0. The summed E-state index contributed by atoms with van der Waals surface area (Å²) >= 11 is 0. The van der Waals surface area contributed by atoms with Crippen LogP contribution in [0.2, 0.25) is 0 Å². The standard InChI is InChI=1S/C58H28F24N2O2/c1-85-49-19-38(10-40(26-84)32-7-29(35-15-45(55(71,72)73)23-46(16-35)56(74,75)76)4-30(8-32)36-17-47(57(77,78)79)24-48(18-36)58(80,81)82)50(86-2)20-37(49)9-39(25-83)31-5-27(33-11-41(51(59,60)61)21-42(12-33)52(62,63)64)3-28(6-31)34-13-43(53(65,66)67)22-44(14-34)54(68,69)70/h3-24H,1-2H3/b39-9+,40-10+. The van der Waals surface area contributed by atoms with E-state index in [1.54, 1.807) is 12.1 Å². The highest BCUT2D eigenvalue weighted by atomic mass is 19.4. The predicted octanol–water partition coefficient (Wildman–Crippen LogP) is 20.7. The van der Waals surface area contributed by atoms with Gasteiger partial charge in [-0.05, 0) is 189 Å². The Morgan fingerprint density at radius 1 is 0.279 bits per heavy atom. The zero-order chi connectivity index (χ0) is 64.2. The van der Waals surface area contributed by atoms with Gasteiger partial charge in [-0.3, -0.25) is 0 Å². The Hall–Kier alpha value is -9.08. The topological polar surface area (TPSA) is 66.0 Å². The van der Waals surface area contributed by atoms with Crippen LogP contribution in [0.1, 0.15) is 66.8 Å². The lowest BCUT2D eigenvalue weighted by Gasteiger charge is -2.18. The molecule has 0 aliphatic rings. The van der Waals surface area contributed by atoms with E-state index < -0.39 is 161 Å². The number of halogens is 24. The number of alkyl halides is 24. The highest BCUT2D eigenvalue weighted by Gasteiger charge is 2.41. The SMILES string of the molecule is COc1cc(/C=C(\C#N)c2cc(-c3cc(C(F)(F)F)cc(C(F)(F)F)c3)cc(-c3cc(C(F)(F)F)cc(C(F)(F)F)c3)c2)c(OC)cc1/C=C(\C#N)c1cc(-c2cc(C(F)(F)F)cc(C(F)(F)F)c2)cc(-c2cc(C(F)(F)F)cc(C(F)(F)F)c2)c1. The van der Waals surface area contributed by atoms with E-state index in [1.165, 1.54) is 0 Å². The summed E-state index contributed by atoms with van der Waals surface area (Å²) in [6, 6.07) is 9.98. The van der Waals surface area contributed by atoms with Crippen LogP contribution in [0.25, 0.3) is 67.8 Å². The third kappa shape index (κ3) is 14.7. The average molecular weight is 1240 g/mol. The molecule has 7 rings (SSSR count). The van der Waals surface area contributed by atoms with E-state index >= 15 is 0 Å². The van der Waals surface area contributed by atoms with Crippen molar-refractivity contribution in [2.75, 3.05) is 14.2 Å². The number of ether oxygens (including phenoxy) is 2. The number of allylic oxidation sites excluding steroid dienone is 2. The molecule has 450 valence electrons. The number of nitrogens with zero attached hydrogens (tertiary/aromatic N) is 2. The third-order valence-corrected chi connectivity index (χ3v) is 12.6. The van der Waals surface area contributed by atoms with Crippen molar-refractivity contribution in [1.29, 1.82) is 10.5 Å². The molecule has 0 amide bonds. The zero-order valence-corrected chi connectivity index (χ0v) is 42.5. The monoisotopic (exact) mass is 1240 g/mol. The van der Waals surface area contributed by atoms with Gasteiger partial charge in [-0.25, -0.2) is 0 Å². The first-order chi connectivity index (χ1) is 39.4. The summed E-state index contributed by atoms with van der Waals surface area (Å²) < 4.78 is 349. The first-order valence-electron chi connectivity index (χ1n) is 23.4. The molecule has 28 heteroatoms. The minimum atomic E-state index is -5.48. The van der Waals surface area contributed by atoms with Gasteiger partial charge in [0.15, 0.2) is 0 Å². The molecule has 0 aromatic heterocycles. The maximum absolute atomic E-state index is 14.1. The Bertz CT molecular complexity index is 3360. The maximum atomic E-state index is 14.1. The van der Waals surface area contributed by atoms with E-state index in [9.17, 15) is 116 Å². The van der Waals surface area contributed by atoms with E-state index in [1.807, 2.05) is 0 Å². The van der Waals surface area contributed by atoms with Gasteiger partial charge in [0, 0.05) is 11.1 Å². The molecule has 0 saturated carbocycles. The molecule has 7 aromatic carbocycles. The molecule has 0 saturated heterocycles. The fourth-order valence-electron chi connectivity index (χ4n) is 8.56. The van der Waals surface area contributed by atoms with Crippen molar-refractivity contribution in [2.45, 2.75) is 49.4 Å². The van der Waals surface area contributed by atoms with Crippen LogP contribution in [0.3, 0.4) is 0 Å². The van der Waals surface area contributed by atoms with Crippen LogP contribution in [0, 0.1) is 22.7 Å². The number of rotatable bonds is 10. The fourth-order valence-corrected chi connectivity index (χ4v) is 8.56. The van der Waals surface area contributed by atoms with Crippen LogP contribution in [0.15, 0.2) is 121 Å². The number of hydrogen-bond donors (Lipinski definition) is 0. The van der Waals surface area contributed by atoms with Gasteiger partial charge >= 0.3 is 49.4 Å². The van der Waals surface area contributed by atoms with Crippen molar-refractivity contribution in [3.8, 4) is 68.1 Å². The summed E-state index contributed by atoms with van der Waals surface area (Å²) in [4.78, 5) is 0. The fraction of sp³-hybridized carbons (Fsp3) is 0.172. The predicted molar refractivity (Wildman–Crippen MR) is 261 cm³/mol. The van der Waals surface area contributed by atoms with Crippen LogP contribution in [0.4, 0.5) is 105 Å². The van der Waals surface area contributed by atoms with E-state index in [0.717, 1.165) is 62.8 Å². The first-order valence-corrected chi connectivity index (χ1v) is 23.4. The van der Waals surface area contributed by atoms with Crippen molar-refractivity contribution in [1.82, 2.24) is 0 Å². The van der Waals surface area contributed by atoms with E-state index in [2.05, 4.69) is 0 Å². The molecule has 0 spiro atoms. The summed E-state index contributed by atoms with van der Waals surface area (Å²) in [5.74, 6) is -0.777. The Morgan fingerprint density at radius 3 is 0.605 bits per heavy atom. The third-order valence-electron chi connectivity index (χ3n) is 12.6. The summed E-state index contributed by atoms with van der Waals surface area (Å²) in [5, 5.41) is 21.1. The average Bonchev–Trinajstić information content (AvgIpc) is 2.50. The maximum Gasteiger partial charge on any atom is 0.416 e. The number of methoxy groups -OCH3 is 2. The Balaban J connectivity index is 1.48. The van der Waals surface area contributed by atoms with Crippen molar-refractivity contribution >= 4 is 23.3 Å². The minimum absolute atomic E-state index is 0.178. The van der Waals surface area contributed by atoms with Gasteiger partial charge in [-0.1, -0.05) is 0 Å². The summed E-state index contributed by atoms with van der Waals surface area (Å²) in [7, 11) is 1.93. The van der Waals surface area contributed by atoms with Crippen molar-refractivity contribution in [2.24, 2.45) is 0 Å². The zero-order valence-electron chi connectivity index (χ0n) is 42.5. The molecule has 0 radical (unpaired) electrons. The van der Waals surface area contributed by atoms with Gasteiger partial charge in [-0.2, -0.15) is 116 Å². The molecule has 4 nitrogen and oxygen atoms in total. The molecule has 0 unspecified atom stereocenters. The summed E-state index contributed by atoms with van der Waals surface area (Å²) in [5.41, 5.74) is -25.2. The minimum Gasteiger partial charge on any atom is -0.496 e.